The quantitative estimate of drug-likeness (QED) is 0.778. The van der Waals surface area contributed by atoms with Crippen LogP contribution in [0.25, 0.3) is 5.69 Å². The molecule has 1 aromatic heterocycles. The molecule has 0 unspecified atom stereocenters. The molecule has 0 radical (unpaired) electrons. The Balaban J connectivity index is 2.00. The first-order valence-corrected chi connectivity index (χ1v) is 7.58. The highest BCUT2D eigenvalue weighted by Crippen LogP contribution is 2.19. The van der Waals surface area contributed by atoms with Gasteiger partial charge in [-0.3, -0.25) is 14.2 Å². The zero-order chi connectivity index (χ0) is 16.1. The Morgan fingerprint density at radius 3 is 2.68 bits per heavy atom. The van der Waals surface area contributed by atoms with Gasteiger partial charge in [-0.25, -0.2) is 0 Å². The molecule has 0 saturated heterocycles. The highest BCUT2D eigenvalue weighted by Gasteiger charge is 2.15. The summed E-state index contributed by atoms with van der Waals surface area (Å²) in [6.45, 7) is 3.42. The summed E-state index contributed by atoms with van der Waals surface area (Å²) >= 11 is 1.20. The van der Waals surface area contributed by atoms with Crippen molar-refractivity contribution in [1.29, 1.82) is 0 Å². The second-order valence-electron chi connectivity index (χ2n) is 4.74. The van der Waals surface area contributed by atoms with Gasteiger partial charge in [-0.1, -0.05) is 29.5 Å². The zero-order valence-corrected chi connectivity index (χ0v) is 13.0. The van der Waals surface area contributed by atoms with Gasteiger partial charge in [0.05, 0.1) is 5.75 Å². The van der Waals surface area contributed by atoms with Crippen molar-refractivity contribution >= 4 is 23.6 Å². The highest BCUT2D eigenvalue weighted by atomic mass is 32.2. The lowest BCUT2D eigenvalue weighted by Gasteiger charge is -2.09. The minimum absolute atomic E-state index is 0.0716. The van der Waals surface area contributed by atoms with Gasteiger partial charge in [0.15, 0.2) is 5.16 Å². The number of aromatic nitrogens is 3. The van der Waals surface area contributed by atoms with E-state index in [2.05, 4.69) is 15.5 Å². The first-order chi connectivity index (χ1) is 10.5. The zero-order valence-electron chi connectivity index (χ0n) is 12.2. The second-order valence-corrected chi connectivity index (χ2v) is 5.68. The lowest BCUT2D eigenvalue weighted by Crippen LogP contribution is -2.39. The number of amides is 1. The number of hydrogen-bond donors (Lipinski definition) is 2. The summed E-state index contributed by atoms with van der Waals surface area (Å²) in [6.07, 6.45) is 1.57. The summed E-state index contributed by atoms with van der Waals surface area (Å²) in [5.41, 5.74) is 2.05. The van der Waals surface area contributed by atoms with Crippen molar-refractivity contribution in [2.75, 3.05) is 5.75 Å². The molecule has 22 heavy (non-hydrogen) atoms. The molecule has 0 aliphatic rings. The Hall–Kier alpha value is -2.35. The third-order valence-electron chi connectivity index (χ3n) is 2.91. The van der Waals surface area contributed by atoms with Crippen LogP contribution >= 0.6 is 11.8 Å². The van der Waals surface area contributed by atoms with Crippen LogP contribution in [0.1, 0.15) is 12.5 Å². The highest BCUT2D eigenvalue weighted by molar-refractivity contribution is 7.99. The van der Waals surface area contributed by atoms with Gasteiger partial charge in [0.1, 0.15) is 12.4 Å². The van der Waals surface area contributed by atoms with Crippen molar-refractivity contribution in [1.82, 2.24) is 20.1 Å². The minimum atomic E-state index is -1.07. The van der Waals surface area contributed by atoms with Crippen LogP contribution in [0.15, 0.2) is 35.7 Å². The van der Waals surface area contributed by atoms with Gasteiger partial charge < -0.3 is 10.4 Å². The van der Waals surface area contributed by atoms with Crippen molar-refractivity contribution < 1.29 is 14.7 Å². The first-order valence-electron chi connectivity index (χ1n) is 6.59. The molecule has 116 valence electrons. The fourth-order valence-corrected chi connectivity index (χ4v) is 2.42. The second kappa shape index (κ2) is 7.08. The van der Waals surface area contributed by atoms with Crippen molar-refractivity contribution in [3.63, 3.8) is 0 Å². The summed E-state index contributed by atoms with van der Waals surface area (Å²) in [7, 11) is 0. The van der Waals surface area contributed by atoms with Crippen LogP contribution in [-0.4, -0.2) is 43.5 Å². The molecular weight excluding hydrogens is 304 g/mol. The molecule has 1 atom stereocenters. The van der Waals surface area contributed by atoms with Crippen LogP contribution in [0.5, 0.6) is 0 Å². The molecule has 0 aliphatic carbocycles. The fraction of sp³-hybridized carbons (Fsp3) is 0.286. The number of aryl methyl sites for hydroxylation is 1. The predicted molar refractivity (Wildman–Crippen MR) is 82.1 cm³/mol. The van der Waals surface area contributed by atoms with Gasteiger partial charge in [0, 0.05) is 5.69 Å². The molecule has 2 N–H and O–H groups in total. The average Bonchev–Trinajstić information content (AvgIpc) is 2.94. The fourth-order valence-electron chi connectivity index (χ4n) is 1.68. The number of hydrogen-bond acceptors (Lipinski definition) is 5. The van der Waals surface area contributed by atoms with E-state index in [1.807, 2.05) is 31.2 Å². The van der Waals surface area contributed by atoms with E-state index in [1.54, 1.807) is 10.9 Å². The van der Waals surface area contributed by atoms with Crippen LogP contribution in [-0.2, 0) is 9.59 Å². The van der Waals surface area contributed by atoms with Gasteiger partial charge in [0.25, 0.3) is 0 Å². The maximum Gasteiger partial charge on any atom is 0.325 e. The van der Waals surface area contributed by atoms with Crippen molar-refractivity contribution in [2.45, 2.75) is 25.0 Å². The summed E-state index contributed by atoms with van der Waals surface area (Å²) in [6, 6.07) is 6.92. The standard InChI is InChI=1S/C14H16N4O3S/c1-9-3-5-11(6-4-9)18-8-15-17-14(18)22-7-12(19)16-10(2)13(20)21/h3-6,8,10H,7H2,1-2H3,(H,16,19)(H,20,21)/t10-/m1/s1. The van der Waals surface area contributed by atoms with Gasteiger partial charge >= 0.3 is 5.97 Å². The third-order valence-corrected chi connectivity index (χ3v) is 3.85. The van der Waals surface area contributed by atoms with Crippen LogP contribution < -0.4 is 5.32 Å². The molecule has 0 saturated carbocycles. The molecule has 8 heteroatoms. The SMILES string of the molecule is Cc1ccc(-n2cnnc2SCC(=O)N[C@H](C)C(=O)O)cc1. The number of carboxylic acids is 1. The van der Waals surface area contributed by atoms with Crippen LogP contribution in [0.3, 0.4) is 0 Å². The van der Waals surface area contributed by atoms with E-state index < -0.39 is 12.0 Å². The molecule has 1 amide bonds. The maximum atomic E-state index is 11.7. The Morgan fingerprint density at radius 2 is 2.05 bits per heavy atom. The first kappa shape index (κ1) is 16.0. The molecular formula is C14H16N4O3S. The monoisotopic (exact) mass is 320 g/mol. The topological polar surface area (TPSA) is 97.1 Å². The number of nitrogens with zero attached hydrogens (tertiary/aromatic N) is 3. The van der Waals surface area contributed by atoms with Gasteiger partial charge in [-0.2, -0.15) is 0 Å². The van der Waals surface area contributed by atoms with Crippen LogP contribution in [0.2, 0.25) is 0 Å². The van der Waals surface area contributed by atoms with E-state index in [0.717, 1.165) is 11.3 Å². The Labute approximate surface area is 131 Å². The molecule has 7 nitrogen and oxygen atoms in total. The normalized spacial score (nSPS) is 11.9. The Morgan fingerprint density at radius 1 is 1.36 bits per heavy atom. The Bertz CT molecular complexity index is 669. The van der Waals surface area contributed by atoms with Crippen LogP contribution in [0, 0.1) is 6.92 Å². The number of carboxylic acid groups (broad SMARTS) is 1. The van der Waals surface area contributed by atoms with Crippen molar-refractivity contribution in [3.05, 3.63) is 36.2 Å². The van der Waals surface area contributed by atoms with Crippen molar-refractivity contribution in [3.8, 4) is 5.69 Å². The summed E-state index contributed by atoms with van der Waals surface area (Å²) in [5, 5.41) is 19.5. The number of aliphatic carboxylic acids is 1. The molecule has 0 spiro atoms. The maximum absolute atomic E-state index is 11.7. The molecule has 2 rings (SSSR count). The van der Waals surface area contributed by atoms with Gasteiger partial charge in [-0.15, -0.1) is 10.2 Å². The molecule has 1 aromatic carbocycles. The lowest BCUT2D eigenvalue weighted by atomic mass is 10.2. The molecule has 2 aromatic rings. The number of carbonyl (C=O) groups is 2. The van der Waals surface area contributed by atoms with E-state index in [-0.39, 0.29) is 11.7 Å². The van der Waals surface area contributed by atoms with E-state index in [0.29, 0.717) is 5.16 Å². The van der Waals surface area contributed by atoms with E-state index in [4.69, 9.17) is 5.11 Å². The number of thioether (sulfide) groups is 1. The molecule has 0 bridgehead atoms. The van der Waals surface area contributed by atoms with E-state index in [9.17, 15) is 9.59 Å². The molecule has 0 fully saturated rings. The minimum Gasteiger partial charge on any atom is -0.480 e. The summed E-state index contributed by atoms with van der Waals surface area (Å²) in [5.74, 6) is -1.36. The molecule has 1 heterocycles. The summed E-state index contributed by atoms with van der Waals surface area (Å²) < 4.78 is 1.78. The number of carbonyl (C=O) groups excluding carboxylic acids is 1. The van der Waals surface area contributed by atoms with Gasteiger partial charge in [-0.05, 0) is 26.0 Å². The smallest absolute Gasteiger partial charge is 0.325 e. The van der Waals surface area contributed by atoms with E-state index >= 15 is 0 Å². The largest absolute Gasteiger partial charge is 0.480 e. The molecule has 0 aliphatic heterocycles. The predicted octanol–water partition coefficient (Wildman–Crippen LogP) is 1.26. The number of nitrogens with one attached hydrogen (secondary N) is 1. The summed E-state index contributed by atoms with van der Waals surface area (Å²) in [4.78, 5) is 22.4. The van der Waals surface area contributed by atoms with Gasteiger partial charge in [0.2, 0.25) is 5.91 Å². The average molecular weight is 320 g/mol. The Kier molecular flexibility index (Phi) is 5.16. The third kappa shape index (κ3) is 4.08. The number of benzene rings is 1. The number of rotatable bonds is 6. The van der Waals surface area contributed by atoms with Crippen LogP contribution in [0.4, 0.5) is 0 Å². The van der Waals surface area contributed by atoms with Crippen molar-refractivity contribution in [2.24, 2.45) is 0 Å². The lowest BCUT2D eigenvalue weighted by molar-refractivity contribution is -0.140. The van der Waals surface area contributed by atoms with E-state index in [1.165, 1.54) is 18.7 Å².